The highest BCUT2D eigenvalue weighted by Gasteiger charge is 2.22. The molecule has 0 radical (unpaired) electrons. The fourth-order valence-electron chi connectivity index (χ4n) is 1.89. The van der Waals surface area contributed by atoms with Crippen LogP contribution in [0.2, 0.25) is 0 Å². The molecular weight excluding hydrogens is 250 g/mol. The smallest absolute Gasteiger partial charge is 0.296 e. The van der Waals surface area contributed by atoms with E-state index < -0.39 is 10.1 Å². The molecule has 2 N–H and O–H groups in total. The average molecular weight is 264 g/mol. The lowest BCUT2D eigenvalue weighted by molar-refractivity contribution is 0.482. The fourth-order valence-corrected chi connectivity index (χ4v) is 2.60. The van der Waals surface area contributed by atoms with Crippen molar-refractivity contribution < 1.29 is 13.0 Å². The molecule has 1 aliphatic rings. The highest BCUT2D eigenvalue weighted by atomic mass is 35.5. The van der Waals surface area contributed by atoms with Crippen molar-refractivity contribution in [1.29, 1.82) is 0 Å². The zero-order valence-electron chi connectivity index (χ0n) is 8.80. The molecule has 1 heterocycles. The second-order valence-corrected chi connectivity index (χ2v) is 5.35. The Balaban J connectivity index is 0.00000128. The number of halogens is 1. The van der Waals surface area contributed by atoms with Crippen LogP contribution in [0.1, 0.15) is 12.5 Å². The minimum Gasteiger partial charge on any atom is -0.383 e. The summed E-state index contributed by atoms with van der Waals surface area (Å²) >= 11 is 0. The fraction of sp³-hybridized carbons (Fsp3) is 0.400. The maximum absolute atomic E-state index is 11.1. The van der Waals surface area contributed by atoms with Crippen LogP contribution < -0.4 is 5.32 Å². The summed E-state index contributed by atoms with van der Waals surface area (Å²) in [5, 5.41) is 3.05. The molecule has 1 unspecified atom stereocenters. The van der Waals surface area contributed by atoms with Crippen LogP contribution in [0.3, 0.4) is 0 Å². The Labute approximate surface area is 101 Å². The van der Waals surface area contributed by atoms with E-state index in [1.807, 2.05) is 6.07 Å². The van der Waals surface area contributed by atoms with Crippen LogP contribution >= 0.6 is 12.4 Å². The van der Waals surface area contributed by atoms with Gasteiger partial charge < -0.3 is 5.32 Å². The van der Waals surface area contributed by atoms with Crippen LogP contribution in [0.25, 0.3) is 0 Å². The molecule has 0 saturated carbocycles. The second kappa shape index (κ2) is 4.61. The first-order valence-corrected chi connectivity index (χ1v) is 6.26. The molecule has 0 spiro atoms. The van der Waals surface area contributed by atoms with Crippen LogP contribution in [0.15, 0.2) is 23.1 Å². The third-order valence-electron chi connectivity index (χ3n) is 2.59. The monoisotopic (exact) mass is 263 g/mol. The van der Waals surface area contributed by atoms with Gasteiger partial charge in [0, 0.05) is 6.54 Å². The number of rotatable bonds is 1. The van der Waals surface area contributed by atoms with Gasteiger partial charge in [0.05, 0.1) is 5.69 Å². The third kappa shape index (κ3) is 2.48. The summed E-state index contributed by atoms with van der Waals surface area (Å²) in [5.74, 6) is 0.481. The Morgan fingerprint density at radius 3 is 2.75 bits per heavy atom. The van der Waals surface area contributed by atoms with Crippen LogP contribution in [0.4, 0.5) is 5.69 Å². The molecule has 4 nitrogen and oxygen atoms in total. The lowest BCUT2D eigenvalue weighted by Crippen LogP contribution is -2.22. The van der Waals surface area contributed by atoms with Gasteiger partial charge in [-0.1, -0.05) is 19.1 Å². The first-order chi connectivity index (χ1) is 6.98. The highest BCUT2D eigenvalue weighted by molar-refractivity contribution is 7.86. The number of hydrogen-bond donors (Lipinski definition) is 2. The molecule has 0 aliphatic carbocycles. The Hall–Kier alpha value is -0.780. The first kappa shape index (κ1) is 13.3. The van der Waals surface area contributed by atoms with E-state index in [1.165, 1.54) is 6.07 Å². The second-order valence-electron chi connectivity index (χ2n) is 3.96. The Morgan fingerprint density at radius 1 is 1.44 bits per heavy atom. The molecule has 0 bridgehead atoms. The predicted molar refractivity (Wildman–Crippen MR) is 64.9 cm³/mol. The molecule has 1 aromatic carbocycles. The number of hydrogen-bond acceptors (Lipinski definition) is 3. The summed E-state index contributed by atoms with van der Waals surface area (Å²) in [5.41, 5.74) is 1.50. The molecule has 2 rings (SSSR count). The topological polar surface area (TPSA) is 66.4 Å². The number of benzene rings is 1. The van der Waals surface area contributed by atoms with Gasteiger partial charge >= 0.3 is 0 Å². The normalized spacial score (nSPS) is 19.2. The van der Waals surface area contributed by atoms with Gasteiger partial charge in [-0.3, -0.25) is 4.55 Å². The minimum atomic E-state index is -4.12. The summed E-state index contributed by atoms with van der Waals surface area (Å²) < 4.78 is 31.2. The largest absolute Gasteiger partial charge is 0.383 e. The number of nitrogens with one attached hydrogen (secondary N) is 1. The summed E-state index contributed by atoms with van der Waals surface area (Å²) in [6.07, 6.45) is 0.839. The van der Waals surface area contributed by atoms with Gasteiger partial charge in [-0.2, -0.15) is 8.42 Å². The summed E-state index contributed by atoms with van der Waals surface area (Å²) in [6, 6.07) is 4.95. The summed E-state index contributed by atoms with van der Waals surface area (Å²) in [6.45, 7) is 2.83. The van der Waals surface area contributed by atoms with E-state index in [9.17, 15) is 8.42 Å². The van der Waals surface area contributed by atoms with Gasteiger partial charge in [-0.05, 0) is 24.0 Å². The van der Waals surface area contributed by atoms with Crippen LogP contribution in [-0.2, 0) is 16.5 Å². The zero-order chi connectivity index (χ0) is 11.1. The van der Waals surface area contributed by atoms with E-state index in [0.717, 1.165) is 18.5 Å². The van der Waals surface area contributed by atoms with Gasteiger partial charge in [0.1, 0.15) is 4.90 Å². The van der Waals surface area contributed by atoms with Gasteiger partial charge in [0.2, 0.25) is 0 Å². The first-order valence-electron chi connectivity index (χ1n) is 4.82. The Bertz CT molecular complexity index is 487. The number of anilines is 1. The molecule has 1 aromatic rings. The van der Waals surface area contributed by atoms with E-state index in [1.54, 1.807) is 6.07 Å². The quantitative estimate of drug-likeness (QED) is 0.760. The Kier molecular flexibility index (Phi) is 3.83. The van der Waals surface area contributed by atoms with Crippen molar-refractivity contribution in [3.8, 4) is 0 Å². The van der Waals surface area contributed by atoms with Crippen LogP contribution in [-0.4, -0.2) is 19.5 Å². The molecule has 0 fully saturated rings. The molecule has 0 saturated heterocycles. The molecule has 6 heteroatoms. The number of para-hydroxylation sites is 1. The van der Waals surface area contributed by atoms with E-state index in [0.29, 0.717) is 11.6 Å². The molecule has 0 aromatic heterocycles. The maximum atomic E-state index is 11.1. The highest BCUT2D eigenvalue weighted by Crippen LogP contribution is 2.30. The van der Waals surface area contributed by atoms with Crippen molar-refractivity contribution in [3.05, 3.63) is 23.8 Å². The average Bonchev–Trinajstić information content (AvgIpc) is 2.15. The van der Waals surface area contributed by atoms with Gasteiger partial charge in [-0.15, -0.1) is 12.4 Å². The third-order valence-corrected chi connectivity index (χ3v) is 3.48. The summed E-state index contributed by atoms with van der Waals surface area (Å²) in [7, 11) is -4.12. The van der Waals surface area contributed by atoms with E-state index in [2.05, 4.69) is 12.2 Å². The molecule has 16 heavy (non-hydrogen) atoms. The van der Waals surface area contributed by atoms with Gasteiger partial charge in [0.15, 0.2) is 0 Å². The summed E-state index contributed by atoms with van der Waals surface area (Å²) in [4.78, 5) is -0.0214. The number of fused-ring (bicyclic) bond motifs is 1. The molecule has 0 amide bonds. The van der Waals surface area contributed by atoms with Crippen LogP contribution in [0, 0.1) is 5.92 Å². The van der Waals surface area contributed by atoms with Crippen molar-refractivity contribution in [2.45, 2.75) is 18.2 Å². The van der Waals surface area contributed by atoms with E-state index in [-0.39, 0.29) is 17.3 Å². The van der Waals surface area contributed by atoms with Crippen molar-refractivity contribution >= 4 is 28.2 Å². The van der Waals surface area contributed by atoms with Crippen molar-refractivity contribution in [2.24, 2.45) is 5.92 Å². The molecule has 1 aliphatic heterocycles. The van der Waals surface area contributed by atoms with E-state index >= 15 is 0 Å². The standard InChI is InChI=1S/C10H13NO3S.ClH/c1-7-5-8-3-2-4-9(15(12,13)14)10(8)11-6-7;/h2-4,7,11H,5-6H2,1H3,(H,12,13,14);1H. The van der Waals surface area contributed by atoms with Gasteiger partial charge in [-0.25, -0.2) is 0 Å². The van der Waals surface area contributed by atoms with Gasteiger partial charge in [0.25, 0.3) is 10.1 Å². The maximum Gasteiger partial charge on any atom is 0.296 e. The van der Waals surface area contributed by atoms with Crippen molar-refractivity contribution in [1.82, 2.24) is 0 Å². The lowest BCUT2D eigenvalue weighted by Gasteiger charge is -2.24. The zero-order valence-corrected chi connectivity index (χ0v) is 10.4. The van der Waals surface area contributed by atoms with E-state index in [4.69, 9.17) is 4.55 Å². The lowest BCUT2D eigenvalue weighted by atomic mass is 9.96. The minimum absolute atomic E-state index is 0. The predicted octanol–water partition coefficient (Wildman–Crippen LogP) is 1.96. The molecule has 1 atom stereocenters. The molecular formula is C10H14ClNO3S. The SMILES string of the molecule is CC1CNc2c(cccc2S(=O)(=O)O)C1.Cl. The van der Waals surface area contributed by atoms with Crippen LogP contribution in [0.5, 0.6) is 0 Å². The Morgan fingerprint density at radius 2 is 2.12 bits per heavy atom. The molecule has 90 valence electrons. The van der Waals surface area contributed by atoms with Crippen molar-refractivity contribution in [3.63, 3.8) is 0 Å². The van der Waals surface area contributed by atoms with Crippen molar-refractivity contribution in [2.75, 3.05) is 11.9 Å².